The number of nitrogens with one attached hydrogen (secondary N) is 1. The molecule has 126 valence electrons. The predicted molar refractivity (Wildman–Crippen MR) is 89.9 cm³/mol. The summed E-state index contributed by atoms with van der Waals surface area (Å²) in [6, 6.07) is 12.8. The standard InChI is InChI=1S/C18H19FN2O3/c1-2-11-23-17-6-4-3-5-14(17)12-20-21-18(22)13-24-16-9-7-15(19)8-10-16/h3-10,12H,2,11,13H2,1H3,(H,21,22)/b20-12-. The molecule has 0 unspecified atom stereocenters. The first-order valence-corrected chi connectivity index (χ1v) is 7.61. The maximum atomic E-state index is 12.8. The quantitative estimate of drug-likeness (QED) is 0.597. The maximum Gasteiger partial charge on any atom is 0.277 e. The molecule has 2 aromatic rings. The van der Waals surface area contributed by atoms with Crippen molar-refractivity contribution < 1.29 is 18.7 Å². The number of carbonyl (C=O) groups excluding carboxylic acids is 1. The van der Waals surface area contributed by atoms with Gasteiger partial charge in [0.25, 0.3) is 5.91 Å². The molecule has 0 aliphatic rings. The summed E-state index contributed by atoms with van der Waals surface area (Å²) in [5.41, 5.74) is 3.14. The zero-order valence-electron chi connectivity index (χ0n) is 13.4. The number of ether oxygens (including phenoxy) is 2. The Kier molecular flexibility index (Phi) is 6.76. The van der Waals surface area contributed by atoms with E-state index in [2.05, 4.69) is 10.5 Å². The van der Waals surface area contributed by atoms with Gasteiger partial charge in [-0.05, 0) is 42.8 Å². The van der Waals surface area contributed by atoms with Crippen LogP contribution in [-0.4, -0.2) is 25.3 Å². The van der Waals surface area contributed by atoms with Crippen molar-refractivity contribution >= 4 is 12.1 Å². The van der Waals surface area contributed by atoms with Gasteiger partial charge < -0.3 is 9.47 Å². The van der Waals surface area contributed by atoms with Crippen molar-refractivity contribution in [3.8, 4) is 11.5 Å². The van der Waals surface area contributed by atoms with E-state index in [1.54, 1.807) is 0 Å². The van der Waals surface area contributed by atoms with Gasteiger partial charge in [-0.1, -0.05) is 19.1 Å². The molecule has 0 fully saturated rings. The molecule has 0 saturated carbocycles. The Morgan fingerprint density at radius 3 is 2.67 bits per heavy atom. The Bertz CT molecular complexity index is 687. The highest BCUT2D eigenvalue weighted by Crippen LogP contribution is 2.15. The van der Waals surface area contributed by atoms with Crippen LogP contribution in [0.3, 0.4) is 0 Å². The summed E-state index contributed by atoms with van der Waals surface area (Å²) in [6.45, 7) is 2.43. The van der Waals surface area contributed by atoms with E-state index in [0.717, 1.165) is 12.0 Å². The highest BCUT2D eigenvalue weighted by molar-refractivity contribution is 5.85. The lowest BCUT2D eigenvalue weighted by atomic mass is 10.2. The van der Waals surface area contributed by atoms with E-state index in [4.69, 9.17) is 9.47 Å². The van der Waals surface area contributed by atoms with Gasteiger partial charge in [-0.15, -0.1) is 0 Å². The summed E-state index contributed by atoms with van der Waals surface area (Å²) < 4.78 is 23.6. The van der Waals surface area contributed by atoms with Gasteiger partial charge >= 0.3 is 0 Å². The number of hydrogen-bond donors (Lipinski definition) is 1. The molecule has 0 atom stereocenters. The van der Waals surface area contributed by atoms with Crippen LogP contribution in [0.5, 0.6) is 11.5 Å². The zero-order valence-corrected chi connectivity index (χ0v) is 13.4. The van der Waals surface area contributed by atoms with Crippen molar-refractivity contribution in [2.45, 2.75) is 13.3 Å². The van der Waals surface area contributed by atoms with Crippen LogP contribution >= 0.6 is 0 Å². The predicted octanol–water partition coefficient (Wildman–Crippen LogP) is 3.14. The summed E-state index contributed by atoms with van der Waals surface area (Å²) in [4.78, 5) is 11.7. The van der Waals surface area contributed by atoms with Crippen LogP contribution < -0.4 is 14.9 Å². The molecule has 0 radical (unpaired) electrons. The van der Waals surface area contributed by atoms with Crippen LogP contribution in [0.15, 0.2) is 53.6 Å². The van der Waals surface area contributed by atoms with Crippen LogP contribution in [0, 0.1) is 5.82 Å². The fraction of sp³-hybridized carbons (Fsp3) is 0.222. The number of amides is 1. The first-order chi connectivity index (χ1) is 11.7. The number of halogens is 1. The number of benzene rings is 2. The molecule has 2 aromatic carbocycles. The van der Waals surface area contributed by atoms with E-state index in [1.165, 1.54) is 30.5 Å². The van der Waals surface area contributed by atoms with Gasteiger partial charge in [0.15, 0.2) is 6.61 Å². The third-order valence-corrected chi connectivity index (χ3v) is 2.96. The molecule has 0 bridgehead atoms. The summed E-state index contributed by atoms with van der Waals surface area (Å²) in [5, 5.41) is 3.89. The number of carbonyl (C=O) groups is 1. The van der Waals surface area contributed by atoms with E-state index < -0.39 is 5.91 Å². The minimum absolute atomic E-state index is 0.211. The lowest BCUT2D eigenvalue weighted by Crippen LogP contribution is -2.24. The smallest absolute Gasteiger partial charge is 0.277 e. The van der Waals surface area contributed by atoms with E-state index in [-0.39, 0.29) is 12.4 Å². The van der Waals surface area contributed by atoms with Crippen LogP contribution in [-0.2, 0) is 4.79 Å². The van der Waals surface area contributed by atoms with Crippen molar-refractivity contribution in [3.05, 3.63) is 59.9 Å². The number of para-hydroxylation sites is 1. The summed E-state index contributed by atoms with van der Waals surface area (Å²) in [7, 11) is 0. The Labute approximate surface area is 140 Å². The average molecular weight is 330 g/mol. The molecule has 0 saturated heterocycles. The van der Waals surface area contributed by atoms with Crippen LogP contribution in [0.2, 0.25) is 0 Å². The van der Waals surface area contributed by atoms with Gasteiger partial charge in [0.1, 0.15) is 17.3 Å². The molecule has 24 heavy (non-hydrogen) atoms. The normalized spacial score (nSPS) is 10.6. The molecule has 2 rings (SSSR count). The molecular weight excluding hydrogens is 311 g/mol. The zero-order chi connectivity index (χ0) is 17.2. The highest BCUT2D eigenvalue weighted by atomic mass is 19.1. The Hall–Kier alpha value is -2.89. The van der Waals surface area contributed by atoms with Crippen molar-refractivity contribution in [2.24, 2.45) is 5.10 Å². The number of hydrazone groups is 1. The first-order valence-electron chi connectivity index (χ1n) is 7.61. The Balaban J connectivity index is 1.82. The fourth-order valence-corrected chi connectivity index (χ4v) is 1.82. The van der Waals surface area contributed by atoms with Crippen molar-refractivity contribution in [2.75, 3.05) is 13.2 Å². The molecule has 1 N–H and O–H groups in total. The fourth-order valence-electron chi connectivity index (χ4n) is 1.82. The van der Waals surface area contributed by atoms with Crippen molar-refractivity contribution in [3.63, 3.8) is 0 Å². The van der Waals surface area contributed by atoms with Gasteiger partial charge in [0, 0.05) is 5.56 Å². The van der Waals surface area contributed by atoms with Crippen LogP contribution in [0.1, 0.15) is 18.9 Å². The molecule has 0 aromatic heterocycles. The third kappa shape index (κ3) is 5.72. The topological polar surface area (TPSA) is 59.9 Å². The molecule has 1 amide bonds. The van der Waals surface area contributed by atoms with E-state index >= 15 is 0 Å². The Morgan fingerprint density at radius 2 is 1.92 bits per heavy atom. The molecule has 5 nitrogen and oxygen atoms in total. The monoisotopic (exact) mass is 330 g/mol. The van der Waals surface area contributed by atoms with Crippen LogP contribution in [0.4, 0.5) is 4.39 Å². The average Bonchev–Trinajstić information content (AvgIpc) is 2.60. The third-order valence-electron chi connectivity index (χ3n) is 2.96. The van der Waals surface area contributed by atoms with Gasteiger partial charge in [-0.3, -0.25) is 4.79 Å². The van der Waals surface area contributed by atoms with Gasteiger partial charge in [0.2, 0.25) is 0 Å². The molecule has 0 heterocycles. The second kappa shape index (κ2) is 9.29. The second-order valence-electron chi connectivity index (χ2n) is 4.92. The number of hydrogen-bond acceptors (Lipinski definition) is 4. The minimum Gasteiger partial charge on any atom is -0.493 e. The van der Waals surface area contributed by atoms with Crippen molar-refractivity contribution in [1.82, 2.24) is 5.43 Å². The van der Waals surface area contributed by atoms with E-state index in [0.29, 0.717) is 18.1 Å². The van der Waals surface area contributed by atoms with E-state index in [9.17, 15) is 9.18 Å². The lowest BCUT2D eigenvalue weighted by Gasteiger charge is -2.07. The summed E-state index contributed by atoms with van der Waals surface area (Å²) in [5.74, 6) is 0.344. The van der Waals surface area contributed by atoms with Gasteiger partial charge in [-0.25, -0.2) is 9.82 Å². The maximum absolute atomic E-state index is 12.8. The molecule has 6 heteroatoms. The van der Waals surface area contributed by atoms with Crippen LogP contribution in [0.25, 0.3) is 0 Å². The highest BCUT2D eigenvalue weighted by Gasteiger charge is 2.03. The molecule has 0 aliphatic carbocycles. The van der Waals surface area contributed by atoms with Crippen molar-refractivity contribution in [1.29, 1.82) is 0 Å². The molecule has 0 aliphatic heterocycles. The summed E-state index contributed by atoms with van der Waals surface area (Å²) in [6.07, 6.45) is 2.42. The minimum atomic E-state index is -0.414. The number of nitrogens with zero attached hydrogens (tertiary/aromatic N) is 1. The molecule has 0 spiro atoms. The summed E-state index contributed by atoms with van der Waals surface area (Å²) >= 11 is 0. The second-order valence-corrected chi connectivity index (χ2v) is 4.92. The first kappa shape index (κ1) is 17.5. The Morgan fingerprint density at radius 1 is 1.17 bits per heavy atom. The SMILES string of the molecule is CCCOc1ccccc1/C=N\NC(=O)COc1ccc(F)cc1. The lowest BCUT2D eigenvalue weighted by molar-refractivity contribution is -0.123. The van der Waals surface area contributed by atoms with E-state index in [1.807, 2.05) is 31.2 Å². The molecular formula is C18H19FN2O3. The van der Waals surface area contributed by atoms with Gasteiger partial charge in [0.05, 0.1) is 12.8 Å². The number of rotatable bonds is 8. The largest absolute Gasteiger partial charge is 0.493 e. The van der Waals surface area contributed by atoms with Gasteiger partial charge in [-0.2, -0.15) is 5.10 Å².